The topological polar surface area (TPSA) is 59.4 Å². The molecule has 0 saturated carbocycles. The summed E-state index contributed by atoms with van der Waals surface area (Å²) < 4.78 is 0. The summed E-state index contributed by atoms with van der Waals surface area (Å²) in [5, 5.41) is 12.5. The molecule has 0 unspecified atom stereocenters. The standard InChI is InChI=1S/C16H28N4O/c1-13(2)10-19(11-14(3)4)12-15(9-17)16(21)20-7-5-18-6-8-20/h12-14,18H,5-8,10-11H2,1-4H3/b15-12-. The predicted molar refractivity (Wildman–Crippen MR) is 84.4 cm³/mol. The van der Waals surface area contributed by atoms with Crippen molar-refractivity contribution in [2.24, 2.45) is 11.8 Å². The van der Waals surface area contributed by atoms with E-state index in [-0.39, 0.29) is 11.5 Å². The Bertz CT molecular complexity index is 393. The Morgan fingerprint density at radius 2 is 1.76 bits per heavy atom. The maximum Gasteiger partial charge on any atom is 0.266 e. The zero-order valence-electron chi connectivity index (χ0n) is 13.7. The first-order valence-corrected chi connectivity index (χ1v) is 7.80. The van der Waals surface area contributed by atoms with Crippen LogP contribution in [0.1, 0.15) is 27.7 Å². The van der Waals surface area contributed by atoms with Crippen LogP contribution in [0.2, 0.25) is 0 Å². The summed E-state index contributed by atoms with van der Waals surface area (Å²) in [7, 11) is 0. The molecule has 1 aliphatic heterocycles. The Morgan fingerprint density at radius 1 is 1.24 bits per heavy atom. The molecule has 1 N–H and O–H groups in total. The Morgan fingerprint density at radius 3 is 2.19 bits per heavy atom. The van der Waals surface area contributed by atoms with Gasteiger partial charge in [-0.1, -0.05) is 27.7 Å². The number of nitrogens with zero attached hydrogens (tertiary/aromatic N) is 3. The fourth-order valence-corrected chi connectivity index (χ4v) is 2.47. The van der Waals surface area contributed by atoms with Gasteiger partial charge in [-0.15, -0.1) is 0 Å². The van der Waals surface area contributed by atoms with Crippen molar-refractivity contribution >= 4 is 5.91 Å². The van der Waals surface area contributed by atoms with Gasteiger partial charge in [-0.05, 0) is 11.8 Å². The largest absolute Gasteiger partial charge is 0.376 e. The zero-order valence-corrected chi connectivity index (χ0v) is 13.7. The number of nitriles is 1. The number of hydrogen-bond donors (Lipinski definition) is 1. The van der Waals surface area contributed by atoms with E-state index in [4.69, 9.17) is 0 Å². The molecule has 1 saturated heterocycles. The monoisotopic (exact) mass is 292 g/mol. The van der Waals surface area contributed by atoms with Crippen LogP contribution in [0.25, 0.3) is 0 Å². The predicted octanol–water partition coefficient (Wildman–Crippen LogP) is 1.44. The van der Waals surface area contributed by atoms with E-state index in [9.17, 15) is 10.1 Å². The van der Waals surface area contributed by atoms with Gasteiger partial charge in [0.2, 0.25) is 0 Å². The highest BCUT2D eigenvalue weighted by atomic mass is 16.2. The van der Waals surface area contributed by atoms with Gasteiger partial charge in [-0.3, -0.25) is 4.79 Å². The highest BCUT2D eigenvalue weighted by molar-refractivity contribution is 5.97. The van der Waals surface area contributed by atoms with Gasteiger partial charge in [0.15, 0.2) is 0 Å². The third-order valence-electron chi connectivity index (χ3n) is 3.27. The van der Waals surface area contributed by atoms with Crippen molar-refractivity contribution in [3.05, 3.63) is 11.8 Å². The molecule has 0 aliphatic carbocycles. The minimum atomic E-state index is -0.142. The second-order valence-electron chi connectivity index (χ2n) is 6.44. The van der Waals surface area contributed by atoms with Gasteiger partial charge < -0.3 is 15.1 Å². The summed E-state index contributed by atoms with van der Waals surface area (Å²) in [5.41, 5.74) is 0.248. The maximum atomic E-state index is 12.4. The van der Waals surface area contributed by atoms with Crippen molar-refractivity contribution in [1.29, 1.82) is 5.26 Å². The van der Waals surface area contributed by atoms with E-state index in [2.05, 4.69) is 44.0 Å². The Labute approximate surface area is 128 Å². The highest BCUT2D eigenvalue weighted by Gasteiger charge is 2.21. The van der Waals surface area contributed by atoms with Crippen molar-refractivity contribution in [2.75, 3.05) is 39.3 Å². The molecule has 5 nitrogen and oxygen atoms in total. The lowest BCUT2D eigenvalue weighted by Crippen LogP contribution is -2.47. The van der Waals surface area contributed by atoms with Crippen LogP contribution in [0.5, 0.6) is 0 Å². The number of carbonyl (C=O) groups is 1. The maximum absolute atomic E-state index is 12.4. The molecule has 0 bridgehead atoms. The zero-order chi connectivity index (χ0) is 15.8. The van der Waals surface area contributed by atoms with E-state index in [0.29, 0.717) is 24.9 Å². The van der Waals surface area contributed by atoms with Crippen LogP contribution in [0, 0.1) is 23.2 Å². The molecule has 1 heterocycles. The van der Waals surface area contributed by atoms with Crippen LogP contribution >= 0.6 is 0 Å². The summed E-state index contributed by atoms with van der Waals surface area (Å²) in [6.45, 7) is 13.2. The lowest BCUT2D eigenvalue weighted by molar-refractivity contribution is -0.127. The van der Waals surface area contributed by atoms with Crippen molar-refractivity contribution in [2.45, 2.75) is 27.7 Å². The van der Waals surface area contributed by atoms with Crippen molar-refractivity contribution in [3.63, 3.8) is 0 Å². The normalized spacial score (nSPS) is 16.2. The van der Waals surface area contributed by atoms with Gasteiger partial charge in [-0.2, -0.15) is 5.26 Å². The van der Waals surface area contributed by atoms with Crippen LogP contribution in [0.4, 0.5) is 0 Å². The van der Waals surface area contributed by atoms with Crippen LogP contribution in [0.3, 0.4) is 0 Å². The van der Waals surface area contributed by atoms with Gasteiger partial charge >= 0.3 is 0 Å². The first-order chi connectivity index (χ1) is 9.93. The highest BCUT2D eigenvalue weighted by Crippen LogP contribution is 2.09. The average molecular weight is 292 g/mol. The van der Waals surface area contributed by atoms with Crippen LogP contribution in [-0.2, 0) is 4.79 Å². The van der Waals surface area contributed by atoms with E-state index < -0.39 is 0 Å². The number of nitrogens with one attached hydrogen (secondary N) is 1. The van der Waals surface area contributed by atoms with Gasteiger partial charge in [0.05, 0.1) is 0 Å². The first-order valence-electron chi connectivity index (χ1n) is 7.80. The van der Waals surface area contributed by atoms with E-state index in [1.807, 2.05) is 0 Å². The van der Waals surface area contributed by atoms with Crippen molar-refractivity contribution < 1.29 is 4.79 Å². The fourth-order valence-electron chi connectivity index (χ4n) is 2.47. The molecule has 0 radical (unpaired) electrons. The molecule has 1 rings (SSSR count). The summed E-state index contributed by atoms with van der Waals surface area (Å²) in [4.78, 5) is 16.3. The molecule has 1 fully saturated rings. The quantitative estimate of drug-likeness (QED) is 0.594. The van der Waals surface area contributed by atoms with E-state index in [1.54, 1.807) is 11.1 Å². The molecular weight excluding hydrogens is 264 g/mol. The number of carbonyl (C=O) groups excluding carboxylic acids is 1. The molecular formula is C16H28N4O. The van der Waals surface area contributed by atoms with Crippen molar-refractivity contribution in [1.82, 2.24) is 15.1 Å². The fraction of sp³-hybridized carbons (Fsp3) is 0.750. The summed E-state index contributed by atoms with van der Waals surface area (Å²) in [6.07, 6.45) is 1.75. The lowest BCUT2D eigenvalue weighted by Gasteiger charge is -2.28. The molecule has 0 atom stereocenters. The molecule has 0 spiro atoms. The molecule has 1 amide bonds. The number of piperazine rings is 1. The Balaban J connectivity index is 2.81. The van der Waals surface area contributed by atoms with E-state index in [0.717, 1.165) is 26.2 Å². The molecule has 118 valence electrons. The minimum Gasteiger partial charge on any atom is -0.376 e. The SMILES string of the molecule is CC(C)CN(/C=C(/C#N)C(=O)N1CCNCC1)CC(C)C. The summed E-state index contributed by atoms with van der Waals surface area (Å²) in [5.74, 6) is 0.847. The average Bonchev–Trinajstić information content (AvgIpc) is 2.43. The molecule has 0 aromatic rings. The molecule has 0 aromatic heterocycles. The van der Waals surface area contributed by atoms with E-state index >= 15 is 0 Å². The Kier molecular flexibility index (Phi) is 7.24. The second kappa shape index (κ2) is 8.68. The van der Waals surface area contributed by atoms with E-state index in [1.165, 1.54) is 0 Å². The molecule has 5 heteroatoms. The second-order valence-corrected chi connectivity index (χ2v) is 6.44. The summed E-state index contributed by atoms with van der Waals surface area (Å²) >= 11 is 0. The third-order valence-corrected chi connectivity index (χ3v) is 3.27. The lowest BCUT2D eigenvalue weighted by atomic mass is 10.1. The first kappa shape index (κ1) is 17.5. The van der Waals surface area contributed by atoms with Gasteiger partial charge in [0.25, 0.3) is 5.91 Å². The van der Waals surface area contributed by atoms with Gasteiger partial charge in [-0.25, -0.2) is 0 Å². The molecule has 21 heavy (non-hydrogen) atoms. The number of rotatable bonds is 6. The van der Waals surface area contributed by atoms with Gasteiger partial charge in [0, 0.05) is 45.5 Å². The molecule has 0 aromatic carbocycles. The van der Waals surface area contributed by atoms with Crippen LogP contribution < -0.4 is 5.32 Å². The third kappa shape index (κ3) is 6.17. The van der Waals surface area contributed by atoms with Crippen LogP contribution in [0.15, 0.2) is 11.8 Å². The van der Waals surface area contributed by atoms with Gasteiger partial charge in [0.1, 0.15) is 11.6 Å². The number of hydrogen-bond acceptors (Lipinski definition) is 4. The summed E-state index contributed by atoms with van der Waals surface area (Å²) in [6, 6.07) is 2.08. The number of amides is 1. The van der Waals surface area contributed by atoms with Crippen LogP contribution in [-0.4, -0.2) is 55.0 Å². The van der Waals surface area contributed by atoms with Crippen molar-refractivity contribution in [3.8, 4) is 6.07 Å². The molecule has 1 aliphatic rings. The smallest absolute Gasteiger partial charge is 0.266 e. The minimum absolute atomic E-state index is 0.142. The Hall–Kier alpha value is -1.54.